The maximum Gasteiger partial charge on any atom is 0.321 e. The number of carbonyl (C=O) groups excluding carboxylic acids is 1. The van der Waals surface area contributed by atoms with Gasteiger partial charge in [-0.15, -0.1) is 0 Å². The summed E-state index contributed by atoms with van der Waals surface area (Å²) in [7, 11) is 0. The SMILES string of the molecule is NC1C2CN(C(=O)Nc3ccc(Cl)cc3)CC12. The molecule has 0 radical (unpaired) electrons. The molecule has 0 spiro atoms. The van der Waals surface area contributed by atoms with Gasteiger partial charge in [-0.1, -0.05) is 11.6 Å². The molecule has 1 saturated heterocycles. The maximum atomic E-state index is 11.9. The fourth-order valence-electron chi connectivity index (χ4n) is 2.47. The summed E-state index contributed by atoms with van der Waals surface area (Å²) in [5.74, 6) is 1.04. The molecule has 17 heavy (non-hydrogen) atoms. The topological polar surface area (TPSA) is 58.4 Å². The van der Waals surface area contributed by atoms with E-state index in [1.54, 1.807) is 24.3 Å². The van der Waals surface area contributed by atoms with Crippen molar-refractivity contribution in [3.63, 3.8) is 0 Å². The number of amides is 2. The quantitative estimate of drug-likeness (QED) is 0.799. The highest BCUT2D eigenvalue weighted by Crippen LogP contribution is 2.43. The molecule has 3 N–H and O–H groups in total. The van der Waals surface area contributed by atoms with E-state index in [1.807, 2.05) is 4.90 Å². The predicted molar refractivity (Wildman–Crippen MR) is 67.0 cm³/mol. The molecule has 2 amide bonds. The molecule has 1 aromatic rings. The summed E-state index contributed by atoms with van der Waals surface area (Å²) in [5, 5.41) is 3.52. The number of fused-ring (bicyclic) bond motifs is 1. The van der Waals surface area contributed by atoms with E-state index >= 15 is 0 Å². The molecule has 3 rings (SSSR count). The van der Waals surface area contributed by atoms with Crippen LogP contribution in [-0.2, 0) is 0 Å². The van der Waals surface area contributed by atoms with Crippen molar-refractivity contribution in [2.75, 3.05) is 18.4 Å². The van der Waals surface area contributed by atoms with Gasteiger partial charge in [0.1, 0.15) is 0 Å². The van der Waals surface area contributed by atoms with Gasteiger partial charge in [-0.25, -0.2) is 4.79 Å². The molecule has 1 aromatic carbocycles. The molecule has 5 heteroatoms. The lowest BCUT2D eigenvalue weighted by molar-refractivity contribution is 0.216. The van der Waals surface area contributed by atoms with Gasteiger partial charge in [0.25, 0.3) is 0 Å². The van der Waals surface area contributed by atoms with E-state index in [0.717, 1.165) is 18.8 Å². The Hall–Kier alpha value is -1.26. The molecule has 2 aliphatic rings. The largest absolute Gasteiger partial charge is 0.327 e. The van der Waals surface area contributed by atoms with E-state index in [9.17, 15) is 4.79 Å². The second kappa shape index (κ2) is 3.89. The third-order valence-electron chi connectivity index (χ3n) is 3.64. The number of urea groups is 1. The summed E-state index contributed by atoms with van der Waals surface area (Å²) in [4.78, 5) is 13.7. The summed E-state index contributed by atoms with van der Waals surface area (Å²) in [6.45, 7) is 1.57. The van der Waals surface area contributed by atoms with Crippen LogP contribution >= 0.6 is 11.6 Å². The van der Waals surface area contributed by atoms with Crippen LogP contribution in [0.3, 0.4) is 0 Å². The molecule has 90 valence electrons. The number of piperidine rings is 1. The molecule has 0 bridgehead atoms. The van der Waals surface area contributed by atoms with E-state index in [4.69, 9.17) is 17.3 Å². The first-order valence-corrected chi connectivity index (χ1v) is 6.10. The van der Waals surface area contributed by atoms with Crippen LogP contribution in [0, 0.1) is 11.8 Å². The first kappa shape index (κ1) is 10.9. The molecule has 2 atom stereocenters. The summed E-state index contributed by atoms with van der Waals surface area (Å²) >= 11 is 5.78. The van der Waals surface area contributed by atoms with Gasteiger partial charge in [-0.05, 0) is 36.1 Å². The van der Waals surface area contributed by atoms with E-state index < -0.39 is 0 Å². The predicted octanol–water partition coefficient (Wildman–Crippen LogP) is 1.76. The lowest BCUT2D eigenvalue weighted by Gasteiger charge is -2.19. The van der Waals surface area contributed by atoms with Crippen LogP contribution in [0.15, 0.2) is 24.3 Å². The number of benzene rings is 1. The number of likely N-dealkylation sites (tertiary alicyclic amines) is 1. The van der Waals surface area contributed by atoms with Crippen LogP contribution in [0.1, 0.15) is 0 Å². The number of anilines is 1. The van der Waals surface area contributed by atoms with Gasteiger partial charge in [-0.3, -0.25) is 0 Å². The Kier molecular flexibility index (Phi) is 2.49. The number of rotatable bonds is 1. The fourth-order valence-corrected chi connectivity index (χ4v) is 2.60. The van der Waals surface area contributed by atoms with Crippen LogP contribution in [0.5, 0.6) is 0 Å². The molecular weight excluding hydrogens is 238 g/mol. The summed E-state index contributed by atoms with van der Waals surface area (Å²) < 4.78 is 0. The normalized spacial score (nSPS) is 30.0. The minimum Gasteiger partial charge on any atom is -0.327 e. The summed E-state index contributed by atoms with van der Waals surface area (Å²) in [5.41, 5.74) is 6.60. The Morgan fingerprint density at radius 3 is 2.47 bits per heavy atom. The van der Waals surface area contributed by atoms with Crippen molar-refractivity contribution in [3.05, 3.63) is 29.3 Å². The fraction of sp³-hybridized carbons (Fsp3) is 0.417. The highest BCUT2D eigenvalue weighted by molar-refractivity contribution is 6.30. The Balaban J connectivity index is 1.59. The second-order valence-corrected chi connectivity index (χ2v) is 5.18. The lowest BCUT2D eigenvalue weighted by atomic mass is 10.3. The summed E-state index contributed by atoms with van der Waals surface area (Å²) in [6, 6.07) is 7.37. The number of nitrogens with one attached hydrogen (secondary N) is 1. The number of hydrogen-bond acceptors (Lipinski definition) is 2. The van der Waals surface area contributed by atoms with Crippen LogP contribution < -0.4 is 11.1 Å². The third-order valence-corrected chi connectivity index (χ3v) is 3.89. The van der Waals surface area contributed by atoms with Crippen LogP contribution in [0.4, 0.5) is 10.5 Å². The van der Waals surface area contributed by atoms with Crippen LogP contribution in [0.2, 0.25) is 5.02 Å². The van der Waals surface area contributed by atoms with E-state index in [-0.39, 0.29) is 6.03 Å². The van der Waals surface area contributed by atoms with Crippen molar-refractivity contribution < 1.29 is 4.79 Å². The molecular formula is C12H14ClN3O. The first-order valence-electron chi connectivity index (χ1n) is 5.72. The Bertz CT molecular complexity index is 436. The van der Waals surface area contributed by atoms with Crippen molar-refractivity contribution in [1.29, 1.82) is 0 Å². The zero-order valence-electron chi connectivity index (χ0n) is 9.27. The van der Waals surface area contributed by atoms with Gasteiger partial charge < -0.3 is 16.0 Å². The Labute approximate surface area is 105 Å². The third kappa shape index (κ3) is 1.98. The van der Waals surface area contributed by atoms with Crippen molar-refractivity contribution in [3.8, 4) is 0 Å². The highest BCUT2D eigenvalue weighted by atomic mass is 35.5. The molecule has 2 unspecified atom stereocenters. The number of halogens is 1. The number of hydrogen-bond donors (Lipinski definition) is 2. The highest BCUT2D eigenvalue weighted by Gasteiger charge is 2.54. The molecule has 1 aliphatic heterocycles. The lowest BCUT2D eigenvalue weighted by Crippen LogP contribution is -2.36. The van der Waals surface area contributed by atoms with Crippen molar-refractivity contribution in [2.24, 2.45) is 17.6 Å². The minimum atomic E-state index is -0.0493. The van der Waals surface area contributed by atoms with Gasteiger partial charge >= 0.3 is 6.03 Å². The van der Waals surface area contributed by atoms with E-state index in [1.165, 1.54) is 0 Å². The zero-order chi connectivity index (χ0) is 12.0. The minimum absolute atomic E-state index is 0.0493. The Morgan fingerprint density at radius 1 is 1.29 bits per heavy atom. The van der Waals surface area contributed by atoms with Crippen molar-refractivity contribution in [1.82, 2.24) is 4.90 Å². The molecule has 4 nitrogen and oxygen atoms in total. The number of nitrogens with two attached hydrogens (primary N) is 1. The smallest absolute Gasteiger partial charge is 0.321 e. The van der Waals surface area contributed by atoms with Gasteiger partial charge in [-0.2, -0.15) is 0 Å². The van der Waals surface area contributed by atoms with Gasteiger partial charge in [0, 0.05) is 29.8 Å². The average Bonchev–Trinajstić information content (AvgIpc) is 2.78. The van der Waals surface area contributed by atoms with Gasteiger partial charge in [0.05, 0.1) is 0 Å². The zero-order valence-corrected chi connectivity index (χ0v) is 10.0. The number of carbonyl (C=O) groups is 1. The molecule has 2 fully saturated rings. The van der Waals surface area contributed by atoms with Crippen LogP contribution in [-0.4, -0.2) is 30.1 Å². The molecule has 0 aromatic heterocycles. The first-order chi connectivity index (χ1) is 8.15. The molecule has 1 heterocycles. The van der Waals surface area contributed by atoms with Gasteiger partial charge in [0.15, 0.2) is 0 Å². The maximum absolute atomic E-state index is 11.9. The Morgan fingerprint density at radius 2 is 1.88 bits per heavy atom. The summed E-state index contributed by atoms with van der Waals surface area (Å²) in [6.07, 6.45) is 0. The second-order valence-electron chi connectivity index (χ2n) is 4.75. The molecule has 1 aliphatic carbocycles. The number of nitrogens with zero attached hydrogens (tertiary/aromatic N) is 1. The van der Waals surface area contributed by atoms with Crippen molar-refractivity contribution in [2.45, 2.75) is 6.04 Å². The van der Waals surface area contributed by atoms with Gasteiger partial charge in [0.2, 0.25) is 0 Å². The average molecular weight is 252 g/mol. The molecule has 1 saturated carbocycles. The van der Waals surface area contributed by atoms with E-state index in [2.05, 4.69) is 5.32 Å². The van der Waals surface area contributed by atoms with Crippen LogP contribution in [0.25, 0.3) is 0 Å². The standard InChI is InChI=1S/C12H14ClN3O/c13-7-1-3-8(4-2-7)15-12(17)16-5-9-10(6-16)11(9)14/h1-4,9-11H,5-6,14H2,(H,15,17). The monoisotopic (exact) mass is 251 g/mol. The van der Waals surface area contributed by atoms with Crippen molar-refractivity contribution >= 4 is 23.3 Å². The van der Waals surface area contributed by atoms with E-state index in [0.29, 0.717) is 22.9 Å².